The van der Waals surface area contributed by atoms with Gasteiger partial charge in [0.15, 0.2) is 0 Å². The van der Waals surface area contributed by atoms with Crippen LogP contribution in [0.1, 0.15) is 96.9 Å². The maximum absolute atomic E-state index is 6.96. The van der Waals surface area contributed by atoms with Crippen LogP contribution in [-0.2, 0) is 5.41 Å². The zero-order valence-electron chi connectivity index (χ0n) is 24.0. The molecular weight excluding hydrogens is 440 g/mol. The molecule has 0 bridgehead atoms. The predicted molar refractivity (Wildman–Crippen MR) is 156 cm³/mol. The van der Waals surface area contributed by atoms with Gasteiger partial charge in [-0.3, -0.25) is 0 Å². The van der Waals surface area contributed by atoms with Gasteiger partial charge < -0.3 is 4.74 Å². The number of aryl methyl sites for hydroxylation is 1. The molecule has 1 saturated carbocycles. The summed E-state index contributed by atoms with van der Waals surface area (Å²) >= 11 is 0. The summed E-state index contributed by atoms with van der Waals surface area (Å²) in [6.07, 6.45) is 6.33. The molecule has 2 aromatic rings. The van der Waals surface area contributed by atoms with Crippen molar-refractivity contribution in [2.24, 2.45) is 11.8 Å². The van der Waals surface area contributed by atoms with Crippen LogP contribution in [0.3, 0.4) is 0 Å². The van der Waals surface area contributed by atoms with E-state index in [9.17, 15) is 0 Å². The highest BCUT2D eigenvalue weighted by Gasteiger charge is 2.54. The molecule has 4 rings (SSSR count). The summed E-state index contributed by atoms with van der Waals surface area (Å²) in [7, 11) is -1.94. The highest BCUT2D eigenvalue weighted by molar-refractivity contribution is 6.93. The Morgan fingerprint density at radius 3 is 2.23 bits per heavy atom. The van der Waals surface area contributed by atoms with Crippen molar-refractivity contribution in [3.63, 3.8) is 0 Å². The Morgan fingerprint density at radius 2 is 1.63 bits per heavy atom. The van der Waals surface area contributed by atoms with Gasteiger partial charge in [0.1, 0.15) is 11.4 Å². The number of fused-ring (bicyclic) bond motifs is 3. The normalized spacial score (nSPS) is 24.3. The smallest absolute Gasteiger partial charge is 0.123 e. The molecule has 4 atom stereocenters. The van der Waals surface area contributed by atoms with Gasteiger partial charge in [-0.1, -0.05) is 108 Å². The lowest BCUT2D eigenvalue weighted by Crippen LogP contribution is -2.55. The van der Waals surface area contributed by atoms with E-state index >= 15 is 0 Å². The topological polar surface area (TPSA) is 9.23 Å². The molecule has 0 heterocycles. The lowest BCUT2D eigenvalue weighted by molar-refractivity contribution is 0.129. The SMILES string of the molecule is CC[Si](CC)(c1cc(C)cc(C(C)(C)C)c1OC(C)(C)C)C1C(C)CC2c3ccccc3C=CC21. The molecule has 1 fully saturated rings. The van der Waals surface area contributed by atoms with Gasteiger partial charge in [-0.2, -0.15) is 0 Å². The maximum atomic E-state index is 6.96. The molecular formula is C33H48OSi. The number of allylic oxidation sites excluding steroid dienone is 1. The molecule has 2 aliphatic carbocycles. The van der Waals surface area contributed by atoms with Crippen LogP contribution in [0.25, 0.3) is 6.08 Å². The zero-order valence-corrected chi connectivity index (χ0v) is 25.0. The molecule has 0 N–H and O–H groups in total. The van der Waals surface area contributed by atoms with E-state index in [0.717, 1.165) is 5.54 Å². The fourth-order valence-electron chi connectivity index (χ4n) is 7.45. The second kappa shape index (κ2) is 9.25. The van der Waals surface area contributed by atoms with Crippen LogP contribution < -0.4 is 9.92 Å². The van der Waals surface area contributed by atoms with Crippen LogP contribution >= 0.6 is 0 Å². The van der Waals surface area contributed by atoms with E-state index in [1.165, 1.54) is 40.9 Å². The average molecular weight is 489 g/mol. The lowest BCUT2D eigenvalue weighted by Gasteiger charge is -2.44. The Balaban J connectivity index is 1.94. The Morgan fingerprint density at radius 1 is 0.971 bits per heavy atom. The first kappa shape index (κ1) is 26.3. The van der Waals surface area contributed by atoms with Gasteiger partial charge in [0.05, 0.1) is 8.07 Å². The predicted octanol–water partition coefficient (Wildman–Crippen LogP) is 9.00. The Hall–Kier alpha value is -1.80. The van der Waals surface area contributed by atoms with Crippen molar-refractivity contribution in [2.75, 3.05) is 0 Å². The first-order valence-corrected chi connectivity index (χ1v) is 16.4. The van der Waals surface area contributed by atoms with Crippen LogP contribution in [-0.4, -0.2) is 13.7 Å². The minimum Gasteiger partial charge on any atom is -0.488 e. The zero-order chi connectivity index (χ0) is 25.8. The molecule has 0 saturated heterocycles. The molecule has 190 valence electrons. The fraction of sp³-hybridized carbons (Fsp3) is 0.576. The van der Waals surface area contributed by atoms with Crippen molar-refractivity contribution in [1.29, 1.82) is 0 Å². The Bertz CT molecular complexity index is 1090. The second-order valence-corrected chi connectivity index (χ2v) is 18.4. The summed E-state index contributed by atoms with van der Waals surface area (Å²) < 4.78 is 6.96. The van der Waals surface area contributed by atoms with Gasteiger partial charge in [-0.25, -0.2) is 0 Å². The summed E-state index contributed by atoms with van der Waals surface area (Å²) in [4.78, 5) is 0. The minimum absolute atomic E-state index is 0.0382. The molecule has 2 aliphatic rings. The molecule has 1 nitrogen and oxygen atoms in total. The number of ether oxygens (including phenoxy) is 1. The van der Waals surface area contributed by atoms with Crippen molar-refractivity contribution in [1.82, 2.24) is 0 Å². The van der Waals surface area contributed by atoms with Gasteiger partial charge in [0.2, 0.25) is 0 Å². The number of benzene rings is 2. The number of hydrogen-bond acceptors (Lipinski definition) is 1. The first-order chi connectivity index (χ1) is 16.3. The molecule has 0 radical (unpaired) electrons. The molecule has 0 amide bonds. The summed E-state index contributed by atoms with van der Waals surface area (Å²) in [5.41, 5.74) is 6.32. The van der Waals surface area contributed by atoms with Crippen LogP contribution in [0.4, 0.5) is 0 Å². The van der Waals surface area contributed by atoms with Gasteiger partial charge in [0, 0.05) is 0 Å². The van der Waals surface area contributed by atoms with Crippen molar-refractivity contribution < 1.29 is 4.74 Å². The molecule has 2 heteroatoms. The molecule has 35 heavy (non-hydrogen) atoms. The first-order valence-electron chi connectivity index (χ1n) is 13.9. The fourth-order valence-corrected chi connectivity index (χ4v) is 13.5. The summed E-state index contributed by atoms with van der Waals surface area (Å²) in [5.74, 6) is 3.21. The van der Waals surface area contributed by atoms with Crippen molar-refractivity contribution in [3.05, 3.63) is 64.7 Å². The van der Waals surface area contributed by atoms with E-state index in [1.807, 2.05) is 0 Å². The van der Waals surface area contributed by atoms with Gasteiger partial charge in [-0.15, -0.1) is 0 Å². The Labute approximate surface area is 216 Å². The summed E-state index contributed by atoms with van der Waals surface area (Å²) in [6.45, 7) is 23.5. The van der Waals surface area contributed by atoms with E-state index in [2.05, 4.69) is 118 Å². The van der Waals surface area contributed by atoms with Gasteiger partial charge in [0.25, 0.3) is 0 Å². The molecule has 0 aliphatic heterocycles. The van der Waals surface area contributed by atoms with E-state index in [-0.39, 0.29) is 11.0 Å². The molecule has 0 aromatic heterocycles. The monoisotopic (exact) mass is 488 g/mol. The quantitative estimate of drug-likeness (QED) is 0.381. The van der Waals surface area contributed by atoms with Crippen LogP contribution in [0, 0.1) is 18.8 Å². The highest BCUT2D eigenvalue weighted by atomic mass is 28.3. The van der Waals surface area contributed by atoms with Gasteiger partial charge in [-0.05, 0) is 84.7 Å². The van der Waals surface area contributed by atoms with Crippen molar-refractivity contribution in [3.8, 4) is 5.75 Å². The van der Waals surface area contributed by atoms with E-state index in [1.54, 1.807) is 10.8 Å². The lowest BCUT2D eigenvalue weighted by atomic mass is 9.81. The standard InChI is InChI=1S/C33H48OSi/c1-11-35(12-2,29-20-22(3)19-28(32(5,6)7)30(29)34-33(8,9)10)31-23(4)21-27-25-16-14-13-15-24(25)17-18-26(27)31/h13-20,23,26-27,31H,11-12,21H2,1-10H3. The molecule has 4 unspecified atom stereocenters. The van der Waals surface area contributed by atoms with Crippen molar-refractivity contribution in [2.45, 2.75) is 110 Å². The largest absolute Gasteiger partial charge is 0.488 e. The Kier molecular flexibility index (Phi) is 6.94. The van der Waals surface area contributed by atoms with E-state index in [4.69, 9.17) is 4.74 Å². The highest BCUT2D eigenvalue weighted by Crippen LogP contribution is 2.59. The van der Waals surface area contributed by atoms with Crippen molar-refractivity contribution >= 4 is 19.3 Å². The summed E-state index contributed by atoms with van der Waals surface area (Å²) in [5, 5.41) is 1.59. The third-order valence-corrected chi connectivity index (χ3v) is 15.1. The summed E-state index contributed by atoms with van der Waals surface area (Å²) in [6, 6.07) is 16.6. The van der Waals surface area contributed by atoms with Crippen LogP contribution in [0.2, 0.25) is 17.6 Å². The van der Waals surface area contributed by atoms with Crippen LogP contribution in [0.5, 0.6) is 5.75 Å². The van der Waals surface area contributed by atoms with E-state index < -0.39 is 8.07 Å². The second-order valence-electron chi connectivity index (χ2n) is 13.4. The van der Waals surface area contributed by atoms with Gasteiger partial charge >= 0.3 is 0 Å². The van der Waals surface area contributed by atoms with E-state index in [0.29, 0.717) is 17.8 Å². The minimum atomic E-state index is -1.94. The third-order valence-electron chi connectivity index (χ3n) is 8.90. The molecule has 0 spiro atoms. The number of hydrogen-bond donors (Lipinski definition) is 0. The average Bonchev–Trinajstić information content (AvgIpc) is 3.12. The maximum Gasteiger partial charge on any atom is 0.123 e. The third kappa shape index (κ3) is 4.68. The van der Waals surface area contributed by atoms with Crippen LogP contribution in [0.15, 0.2) is 42.5 Å². The molecule has 2 aromatic carbocycles. The number of rotatable bonds is 5.